The molecule has 0 spiro atoms. The van der Waals surface area contributed by atoms with Crippen molar-refractivity contribution in [2.24, 2.45) is 7.05 Å². The van der Waals surface area contributed by atoms with E-state index in [0.29, 0.717) is 5.75 Å². The van der Waals surface area contributed by atoms with Crippen molar-refractivity contribution in [3.05, 3.63) is 40.2 Å². The topological polar surface area (TPSA) is 85.9 Å². The van der Waals surface area contributed by atoms with Gasteiger partial charge in [-0.15, -0.1) is 0 Å². The standard InChI is InChI=1S/C11H13N5O2S/c1-12-10-4-3-9(16(17)18)5-8(10)6-19-11-13-7-14-15(11)2/h3-5,7,12H,6H2,1-2H3. The van der Waals surface area contributed by atoms with Crippen molar-refractivity contribution in [2.45, 2.75) is 10.9 Å². The van der Waals surface area contributed by atoms with Gasteiger partial charge >= 0.3 is 0 Å². The van der Waals surface area contributed by atoms with Crippen molar-refractivity contribution in [1.29, 1.82) is 0 Å². The lowest BCUT2D eigenvalue weighted by Gasteiger charge is -2.08. The number of anilines is 1. The summed E-state index contributed by atoms with van der Waals surface area (Å²) in [6, 6.07) is 4.78. The molecule has 0 fully saturated rings. The van der Waals surface area contributed by atoms with E-state index in [-0.39, 0.29) is 5.69 Å². The van der Waals surface area contributed by atoms with Gasteiger partial charge in [0.1, 0.15) is 6.33 Å². The molecule has 100 valence electrons. The molecule has 0 aliphatic heterocycles. The van der Waals surface area contributed by atoms with Crippen LogP contribution in [0.2, 0.25) is 0 Å². The Hall–Kier alpha value is -2.09. The van der Waals surface area contributed by atoms with Gasteiger partial charge in [0.2, 0.25) is 0 Å². The average Bonchev–Trinajstić information content (AvgIpc) is 2.81. The molecule has 0 radical (unpaired) electrons. The maximum absolute atomic E-state index is 10.8. The fourth-order valence-corrected chi connectivity index (χ4v) is 2.49. The van der Waals surface area contributed by atoms with Gasteiger partial charge in [0.25, 0.3) is 5.69 Å². The van der Waals surface area contributed by atoms with E-state index in [1.54, 1.807) is 23.9 Å². The summed E-state index contributed by atoms with van der Waals surface area (Å²) in [6.45, 7) is 0. The van der Waals surface area contributed by atoms with Gasteiger partial charge in [0, 0.05) is 37.7 Å². The summed E-state index contributed by atoms with van der Waals surface area (Å²) in [5.74, 6) is 0.588. The molecule has 7 nitrogen and oxygen atoms in total. The number of thioether (sulfide) groups is 1. The highest BCUT2D eigenvalue weighted by atomic mass is 32.2. The molecule has 1 heterocycles. The number of non-ortho nitro benzene ring substituents is 1. The number of nitrogens with zero attached hydrogens (tertiary/aromatic N) is 4. The fourth-order valence-electron chi connectivity index (χ4n) is 1.62. The van der Waals surface area contributed by atoms with E-state index in [2.05, 4.69) is 15.4 Å². The Morgan fingerprint density at radius 3 is 2.89 bits per heavy atom. The van der Waals surface area contributed by atoms with Gasteiger partial charge in [-0.3, -0.25) is 10.1 Å². The Bertz CT molecular complexity index is 599. The number of nitro benzene ring substituents is 1. The zero-order valence-electron chi connectivity index (χ0n) is 10.5. The van der Waals surface area contributed by atoms with Crippen LogP contribution in [0, 0.1) is 10.1 Å². The summed E-state index contributed by atoms with van der Waals surface area (Å²) in [7, 11) is 3.60. The average molecular weight is 279 g/mol. The Labute approximate surface area is 114 Å². The Balaban J connectivity index is 2.20. The minimum absolute atomic E-state index is 0.0903. The van der Waals surface area contributed by atoms with Crippen LogP contribution in [0.4, 0.5) is 11.4 Å². The minimum atomic E-state index is -0.393. The number of benzene rings is 1. The Morgan fingerprint density at radius 1 is 1.53 bits per heavy atom. The zero-order valence-corrected chi connectivity index (χ0v) is 11.3. The van der Waals surface area contributed by atoms with Gasteiger partial charge in [0.05, 0.1) is 4.92 Å². The SMILES string of the molecule is CNc1ccc([N+](=O)[O-])cc1CSc1ncnn1C. The molecule has 0 amide bonds. The van der Waals surface area contributed by atoms with E-state index < -0.39 is 4.92 Å². The second-order valence-electron chi connectivity index (χ2n) is 3.80. The number of nitrogens with one attached hydrogen (secondary N) is 1. The molecule has 0 aliphatic carbocycles. The van der Waals surface area contributed by atoms with Gasteiger partial charge in [-0.1, -0.05) is 11.8 Å². The molecular formula is C11H13N5O2S. The van der Waals surface area contributed by atoms with Crippen LogP contribution in [-0.4, -0.2) is 26.7 Å². The second-order valence-corrected chi connectivity index (χ2v) is 4.75. The molecule has 0 saturated carbocycles. The zero-order chi connectivity index (χ0) is 13.8. The molecular weight excluding hydrogens is 266 g/mol. The number of hydrogen-bond donors (Lipinski definition) is 1. The van der Waals surface area contributed by atoms with Crippen LogP contribution < -0.4 is 5.32 Å². The molecule has 2 rings (SSSR count). The van der Waals surface area contributed by atoms with E-state index in [0.717, 1.165) is 16.4 Å². The molecule has 1 aromatic carbocycles. The lowest BCUT2D eigenvalue weighted by atomic mass is 10.2. The van der Waals surface area contributed by atoms with E-state index >= 15 is 0 Å². The second kappa shape index (κ2) is 5.70. The van der Waals surface area contributed by atoms with Crippen LogP contribution in [0.1, 0.15) is 5.56 Å². The van der Waals surface area contributed by atoms with Crippen molar-refractivity contribution in [3.8, 4) is 0 Å². The highest BCUT2D eigenvalue weighted by molar-refractivity contribution is 7.98. The maximum atomic E-state index is 10.8. The van der Waals surface area contributed by atoms with Gasteiger partial charge in [-0.2, -0.15) is 5.10 Å². The summed E-state index contributed by atoms with van der Waals surface area (Å²) >= 11 is 1.48. The van der Waals surface area contributed by atoms with Crippen molar-refractivity contribution in [1.82, 2.24) is 14.8 Å². The van der Waals surface area contributed by atoms with Crippen LogP contribution in [0.5, 0.6) is 0 Å². The van der Waals surface area contributed by atoms with Crippen molar-refractivity contribution >= 4 is 23.1 Å². The van der Waals surface area contributed by atoms with E-state index in [9.17, 15) is 10.1 Å². The summed E-state index contributed by atoms with van der Waals surface area (Å²) in [6.07, 6.45) is 1.48. The Kier molecular flexibility index (Phi) is 4.00. The van der Waals surface area contributed by atoms with Crippen LogP contribution in [0.3, 0.4) is 0 Å². The van der Waals surface area contributed by atoms with E-state index in [4.69, 9.17) is 0 Å². The highest BCUT2D eigenvalue weighted by Crippen LogP contribution is 2.28. The van der Waals surface area contributed by atoms with Crippen LogP contribution in [-0.2, 0) is 12.8 Å². The van der Waals surface area contributed by atoms with Crippen LogP contribution in [0.25, 0.3) is 0 Å². The molecule has 0 bridgehead atoms. The summed E-state index contributed by atoms with van der Waals surface area (Å²) in [5.41, 5.74) is 1.83. The quantitative estimate of drug-likeness (QED) is 0.512. The Morgan fingerprint density at radius 2 is 2.32 bits per heavy atom. The molecule has 1 aromatic heterocycles. The maximum Gasteiger partial charge on any atom is 0.269 e. The number of rotatable bonds is 5. The number of aryl methyl sites for hydroxylation is 1. The molecule has 1 N–H and O–H groups in total. The monoisotopic (exact) mass is 279 g/mol. The summed E-state index contributed by atoms with van der Waals surface area (Å²) < 4.78 is 1.67. The molecule has 19 heavy (non-hydrogen) atoms. The van der Waals surface area contributed by atoms with Crippen molar-refractivity contribution in [3.63, 3.8) is 0 Å². The first-order chi connectivity index (χ1) is 9.11. The predicted molar refractivity (Wildman–Crippen MR) is 73.2 cm³/mol. The number of hydrogen-bond acceptors (Lipinski definition) is 6. The van der Waals surface area contributed by atoms with Crippen molar-refractivity contribution < 1.29 is 4.92 Å². The lowest BCUT2D eigenvalue weighted by Crippen LogP contribution is -1.98. The molecule has 2 aromatic rings. The molecule has 0 aliphatic rings. The van der Waals surface area contributed by atoms with Gasteiger partial charge in [-0.25, -0.2) is 9.67 Å². The van der Waals surface area contributed by atoms with Gasteiger partial charge in [0.15, 0.2) is 5.16 Å². The summed E-state index contributed by atoms with van der Waals surface area (Å²) in [5, 5.41) is 18.6. The minimum Gasteiger partial charge on any atom is -0.388 e. The molecule has 0 atom stereocenters. The third kappa shape index (κ3) is 3.02. The largest absolute Gasteiger partial charge is 0.388 e. The number of aromatic nitrogens is 3. The lowest BCUT2D eigenvalue weighted by molar-refractivity contribution is -0.384. The molecule has 0 unspecified atom stereocenters. The molecule has 0 saturated heterocycles. The normalized spacial score (nSPS) is 10.4. The van der Waals surface area contributed by atoms with Gasteiger partial charge < -0.3 is 5.32 Å². The fraction of sp³-hybridized carbons (Fsp3) is 0.273. The third-order valence-electron chi connectivity index (χ3n) is 2.60. The van der Waals surface area contributed by atoms with Crippen molar-refractivity contribution in [2.75, 3.05) is 12.4 Å². The van der Waals surface area contributed by atoms with Crippen LogP contribution >= 0.6 is 11.8 Å². The third-order valence-corrected chi connectivity index (χ3v) is 3.68. The first-order valence-electron chi connectivity index (χ1n) is 5.53. The van der Waals surface area contributed by atoms with E-state index in [1.165, 1.54) is 24.2 Å². The van der Waals surface area contributed by atoms with Crippen LogP contribution in [0.15, 0.2) is 29.7 Å². The highest BCUT2D eigenvalue weighted by Gasteiger charge is 2.11. The van der Waals surface area contributed by atoms with Gasteiger partial charge in [-0.05, 0) is 11.6 Å². The smallest absolute Gasteiger partial charge is 0.269 e. The number of nitro groups is 1. The molecule has 8 heteroatoms. The first kappa shape index (κ1) is 13.3. The van der Waals surface area contributed by atoms with E-state index in [1.807, 2.05) is 7.05 Å². The predicted octanol–water partition coefficient (Wildman–Crippen LogP) is 2.06. The summed E-state index contributed by atoms with van der Waals surface area (Å²) in [4.78, 5) is 14.5. The first-order valence-corrected chi connectivity index (χ1v) is 6.52.